The molecule has 5 heteroatoms. The molecule has 0 N–H and O–H groups in total. The van der Waals surface area contributed by atoms with Crippen molar-refractivity contribution in [3.05, 3.63) is 60.2 Å². The van der Waals surface area contributed by atoms with E-state index in [4.69, 9.17) is 14.2 Å². The first-order chi connectivity index (χ1) is 14.5. The van der Waals surface area contributed by atoms with Gasteiger partial charge in [-0.05, 0) is 44.9 Å². The molecule has 0 aliphatic carbocycles. The van der Waals surface area contributed by atoms with E-state index in [1.807, 2.05) is 53.4 Å². The van der Waals surface area contributed by atoms with Crippen LogP contribution in [0.2, 0.25) is 0 Å². The summed E-state index contributed by atoms with van der Waals surface area (Å²) in [4.78, 5) is 15.0. The minimum absolute atomic E-state index is 0.0302. The summed E-state index contributed by atoms with van der Waals surface area (Å²) < 4.78 is 18.7. The molecule has 0 saturated carbocycles. The Morgan fingerprint density at radius 2 is 1.90 bits per heavy atom. The zero-order chi connectivity index (χ0) is 20.7. The lowest BCUT2D eigenvalue weighted by Gasteiger charge is -2.50. The molecule has 5 nitrogen and oxygen atoms in total. The molecule has 0 radical (unpaired) electrons. The zero-order valence-electron chi connectivity index (χ0n) is 17.6. The molecule has 3 heterocycles. The molecule has 2 saturated heterocycles. The topological polar surface area (TPSA) is 48.0 Å². The average Bonchev–Trinajstić information content (AvgIpc) is 3.16. The third kappa shape index (κ3) is 3.45. The third-order valence-electron chi connectivity index (χ3n) is 6.81. The quantitative estimate of drug-likeness (QED) is 0.755. The lowest BCUT2D eigenvalue weighted by Crippen LogP contribution is -2.54. The Balaban J connectivity index is 1.27. The van der Waals surface area contributed by atoms with Gasteiger partial charge in [0.25, 0.3) is 0 Å². The molecule has 3 aliphatic heterocycles. The second-order valence-electron chi connectivity index (χ2n) is 9.04. The van der Waals surface area contributed by atoms with Crippen LogP contribution in [0.1, 0.15) is 44.8 Å². The molecule has 30 heavy (non-hydrogen) atoms. The van der Waals surface area contributed by atoms with Crippen molar-refractivity contribution in [2.45, 2.75) is 57.0 Å². The molecule has 0 aromatic heterocycles. The van der Waals surface area contributed by atoms with Crippen LogP contribution in [0.3, 0.4) is 0 Å². The molecule has 2 aromatic rings. The smallest absolute Gasteiger partial charge is 0.226 e. The standard InChI is InChI=1S/C25H29NO4/c1-25(2)19-16-20-22(29-24(19)18-10-6-7-11-21(18)30-25)12-14-26(20)23(27)13-15-28-17-8-4-3-5-9-17/h3-11,19-20,22,24H,12-16H2,1-2H3/t19-,20-,22-,24+/m1/s1. The van der Waals surface area contributed by atoms with E-state index in [1.54, 1.807) is 0 Å². The van der Waals surface area contributed by atoms with Gasteiger partial charge in [0.15, 0.2) is 0 Å². The van der Waals surface area contributed by atoms with E-state index in [0.717, 1.165) is 36.4 Å². The fourth-order valence-electron chi connectivity index (χ4n) is 5.26. The molecular weight excluding hydrogens is 378 g/mol. The normalized spacial score (nSPS) is 28.7. The lowest BCUT2D eigenvalue weighted by atomic mass is 9.74. The van der Waals surface area contributed by atoms with Crippen molar-refractivity contribution >= 4 is 5.91 Å². The van der Waals surface area contributed by atoms with Crippen LogP contribution in [0.5, 0.6) is 11.5 Å². The van der Waals surface area contributed by atoms with Gasteiger partial charge >= 0.3 is 0 Å². The second kappa shape index (κ2) is 7.62. The number of fused-ring (bicyclic) bond motifs is 4. The highest BCUT2D eigenvalue weighted by Gasteiger charge is 2.53. The van der Waals surface area contributed by atoms with E-state index >= 15 is 0 Å². The maximum Gasteiger partial charge on any atom is 0.226 e. The van der Waals surface area contributed by atoms with E-state index in [1.165, 1.54) is 0 Å². The van der Waals surface area contributed by atoms with Gasteiger partial charge in [0, 0.05) is 18.0 Å². The van der Waals surface area contributed by atoms with Crippen LogP contribution in [0.4, 0.5) is 0 Å². The number of rotatable bonds is 4. The number of hydrogen-bond acceptors (Lipinski definition) is 4. The van der Waals surface area contributed by atoms with E-state index < -0.39 is 0 Å². The van der Waals surface area contributed by atoms with Crippen molar-refractivity contribution in [1.82, 2.24) is 4.90 Å². The summed E-state index contributed by atoms with van der Waals surface area (Å²) in [5.41, 5.74) is 0.805. The molecule has 5 rings (SSSR count). The summed E-state index contributed by atoms with van der Waals surface area (Å²) in [7, 11) is 0. The van der Waals surface area contributed by atoms with E-state index in [0.29, 0.717) is 13.0 Å². The zero-order valence-corrected chi connectivity index (χ0v) is 17.6. The van der Waals surface area contributed by atoms with Crippen LogP contribution in [0.15, 0.2) is 54.6 Å². The summed E-state index contributed by atoms with van der Waals surface area (Å²) >= 11 is 0. The number of carbonyl (C=O) groups excluding carboxylic acids is 1. The number of likely N-dealkylation sites (tertiary alicyclic amines) is 1. The number of amides is 1. The molecule has 0 unspecified atom stereocenters. The predicted molar refractivity (Wildman–Crippen MR) is 114 cm³/mol. The Morgan fingerprint density at radius 1 is 1.13 bits per heavy atom. The summed E-state index contributed by atoms with van der Waals surface area (Å²) in [5.74, 6) is 2.08. The Hall–Kier alpha value is -2.53. The first-order valence-corrected chi connectivity index (χ1v) is 10.9. The number of nitrogens with zero attached hydrogens (tertiary/aromatic N) is 1. The first-order valence-electron chi connectivity index (χ1n) is 10.9. The van der Waals surface area contributed by atoms with Crippen molar-refractivity contribution < 1.29 is 19.0 Å². The van der Waals surface area contributed by atoms with Gasteiger partial charge in [-0.2, -0.15) is 0 Å². The van der Waals surface area contributed by atoms with Gasteiger partial charge in [-0.3, -0.25) is 4.79 Å². The number of para-hydroxylation sites is 2. The number of ether oxygens (including phenoxy) is 3. The Kier molecular flexibility index (Phi) is 4.94. The Labute approximate surface area is 177 Å². The Morgan fingerprint density at radius 3 is 2.73 bits per heavy atom. The van der Waals surface area contributed by atoms with E-state index in [2.05, 4.69) is 19.9 Å². The second-order valence-corrected chi connectivity index (χ2v) is 9.04. The summed E-state index contributed by atoms with van der Waals surface area (Å²) in [6.45, 7) is 5.42. The number of benzene rings is 2. The molecular formula is C25H29NO4. The van der Waals surface area contributed by atoms with Crippen molar-refractivity contribution in [1.29, 1.82) is 0 Å². The molecule has 2 aromatic carbocycles. The molecule has 2 fully saturated rings. The molecule has 0 spiro atoms. The van der Waals surface area contributed by atoms with Crippen molar-refractivity contribution in [2.75, 3.05) is 13.2 Å². The lowest BCUT2D eigenvalue weighted by molar-refractivity contribution is -0.167. The summed E-state index contributed by atoms with van der Waals surface area (Å²) in [5, 5.41) is 0. The highest BCUT2D eigenvalue weighted by atomic mass is 16.5. The predicted octanol–water partition coefficient (Wildman–Crippen LogP) is 4.37. The largest absolute Gasteiger partial charge is 0.493 e. The molecule has 3 aliphatic rings. The summed E-state index contributed by atoms with van der Waals surface area (Å²) in [6.07, 6.45) is 2.30. The van der Waals surface area contributed by atoms with Crippen molar-refractivity contribution in [2.24, 2.45) is 5.92 Å². The van der Waals surface area contributed by atoms with Gasteiger partial charge < -0.3 is 19.1 Å². The van der Waals surface area contributed by atoms with Crippen molar-refractivity contribution in [3.63, 3.8) is 0 Å². The van der Waals surface area contributed by atoms with Crippen LogP contribution in [-0.2, 0) is 9.53 Å². The van der Waals surface area contributed by atoms with Gasteiger partial charge in [-0.1, -0.05) is 36.4 Å². The highest BCUT2D eigenvalue weighted by Crippen LogP contribution is 2.52. The van der Waals surface area contributed by atoms with Crippen LogP contribution < -0.4 is 9.47 Å². The van der Waals surface area contributed by atoms with E-state index in [-0.39, 0.29) is 35.7 Å². The average molecular weight is 408 g/mol. The molecule has 4 atom stereocenters. The third-order valence-corrected chi connectivity index (χ3v) is 6.81. The fourth-order valence-corrected chi connectivity index (χ4v) is 5.26. The van der Waals surface area contributed by atoms with Crippen LogP contribution in [-0.4, -0.2) is 41.7 Å². The van der Waals surface area contributed by atoms with Gasteiger partial charge in [-0.25, -0.2) is 0 Å². The maximum atomic E-state index is 13.0. The minimum Gasteiger partial charge on any atom is -0.493 e. The molecule has 158 valence electrons. The van der Waals surface area contributed by atoms with Gasteiger partial charge in [-0.15, -0.1) is 0 Å². The van der Waals surface area contributed by atoms with Gasteiger partial charge in [0.1, 0.15) is 17.1 Å². The maximum absolute atomic E-state index is 13.0. The van der Waals surface area contributed by atoms with Crippen LogP contribution >= 0.6 is 0 Å². The summed E-state index contributed by atoms with van der Waals surface area (Å²) in [6, 6.07) is 18.0. The van der Waals surface area contributed by atoms with Gasteiger partial charge in [0.2, 0.25) is 5.91 Å². The first kappa shape index (κ1) is 19.4. The van der Waals surface area contributed by atoms with Crippen LogP contribution in [0, 0.1) is 5.92 Å². The number of hydrogen-bond donors (Lipinski definition) is 0. The minimum atomic E-state index is -0.336. The van der Waals surface area contributed by atoms with Crippen molar-refractivity contribution in [3.8, 4) is 11.5 Å². The fraction of sp³-hybridized carbons (Fsp3) is 0.480. The van der Waals surface area contributed by atoms with Crippen LogP contribution in [0.25, 0.3) is 0 Å². The monoisotopic (exact) mass is 407 g/mol. The SMILES string of the molecule is CC1(C)Oc2ccccc2[C@@H]2O[C@@H]3CCN(C(=O)CCOc4ccccc4)[C@@H]3C[C@H]21. The highest BCUT2D eigenvalue weighted by molar-refractivity contribution is 5.77. The molecule has 0 bridgehead atoms. The molecule has 1 amide bonds. The van der Waals surface area contributed by atoms with Gasteiger partial charge in [0.05, 0.1) is 31.3 Å². The number of carbonyl (C=O) groups is 1. The van der Waals surface area contributed by atoms with E-state index in [9.17, 15) is 4.79 Å². The Bertz CT molecular complexity index is 912.